The zero-order chi connectivity index (χ0) is 13.5. The van der Waals surface area contributed by atoms with E-state index in [0.717, 1.165) is 24.8 Å². The molecule has 19 heavy (non-hydrogen) atoms. The molecule has 6 heteroatoms. The van der Waals surface area contributed by atoms with Crippen LogP contribution in [0.4, 0.5) is 0 Å². The maximum Gasteiger partial charge on any atom is 1.00 e. The predicted molar refractivity (Wildman–Crippen MR) is 70.0 cm³/mol. The largest absolute Gasteiger partial charge is 1.00 e. The van der Waals surface area contributed by atoms with Gasteiger partial charge in [0.2, 0.25) is 0 Å². The molecule has 0 aliphatic carbocycles. The van der Waals surface area contributed by atoms with Crippen molar-refractivity contribution in [2.24, 2.45) is 0 Å². The van der Waals surface area contributed by atoms with Crippen molar-refractivity contribution in [2.45, 2.75) is 37.5 Å². The van der Waals surface area contributed by atoms with E-state index in [1.165, 1.54) is 7.11 Å². The number of benzene rings is 1. The van der Waals surface area contributed by atoms with Gasteiger partial charge in [-0.05, 0) is 35.6 Å². The Balaban J connectivity index is 0.00000324. The molecule has 1 aromatic carbocycles. The molecule has 1 aromatic rings. The molecule has 0 radical (unpaired) electrons. The molecule has 0 spiro atoms. The van der Waals surface area contributed by atoms with Crippen molar-refractivity contribution in [1.29, 1.82) is 0 Å². The Hall–Kier alpha value is -0.0700. The summed E-state index contributed by atoms with van der Waals surface area (Å²) in [6.07, 6.45) is 3.84. The summed E-state index contributed by atoms with van der Waals surface area (Å²) in [6.45, 7) is 2.11. The molecule has 0 aliphatic rings. The molecule has 0 N–H and O–H groups in total. The fraction of sp³-hybridized carbons (Fsp3) is 0.538. The Labute approximate surface area is 139 Å². The second kappa shape index (κ2) is 9.77. The number of aryl methyl sites for hydroxylation is 1. The van der Waals surface area contributed by atoms with Gasteiger partial charge in [0, 0.05) is 6.07 Å². The van der Waals surface area contributed by atoms with E-state index in [1.807, 2.05) is 0 Å². The summed E-state index contributed by atoms with van der Waals surface area (Å²) in [6, 6.07) is 3.36. The molecular formula is C13H19NaO4S. The quantitative estimate of drug-likeness (QED) is 0.393. The van der Waals surface area contributed by atoms with Crippen LogP contribution in [0.2, 0.25) is 0 Å². The minimum Gasteiger partial charge on any atom is -0.768 e. The molecular weight excluding hydrogens is 275 g/mol. The summed E-state index contributed by atoms with van der Waals surface area (Å²) >= 11 is -2.30. The predicted octanol–water partition coefficient (Wildman–Crippen LogP) is -0.321. The van der Waals surface area contributed by atoms with Crippen molar-refractivity contribution < 1.29 is 47.8 Å². The molecule has 102 valence electrons. The molecule has 0 fully saturated rings. The molecule has 1 rings (SSSR count). The van der Waals surface area contributed by atoms with Crippen LogP contribution in [0, 0.1) is 0 Å². The molecule has 0 aliphatic heterocycles. The first-order valence-electron chi connectivity index (χ1n) is 5.98. The summed E-state index contributed by atoms with van der Waals surface area (Å²) in [5.74, 6) is 0.960. The van der Waals surface area contributed by atoms with Gasteiger partial charge in [-0.25, -0.2) is 0 Å². The minimum absolute atomic E-state index is 0. The van der Waals surface area contributed by atoms with Crippen molar-refractivity contribution in [3.8, 4) is 11.5 Å². The summed E-state index contributed by atoms with van der Waals surface area (Å²) in [7, 11) is 3.01. The average Bonchev–Trinajstić information content (AvgIpc) is 2.37. The topological polar surface area (TPSA) is 58.6 Å². The number of ether oxygens (including phenoxy) is 2. The third kappa shape index (κ3) is 5.44. The standard InChI is InChI=1S/C13H20O4S.Na/c1-4-5-6-7-10-8-11(16-2)9-12(17-3)13(10)18(14)15;/h8-9H,4-7H2,1-3H3,(H,14,15);/q;+1/p-1. The Morgan fingerprint density at radius 2 is 1.89 bits per heavy atom. The van der Waals surface area contributed by atoms with Crippen LogP contribution in [0.5, 0.6) is 11.5 Å². The maximum atomic E-state index is 11.3. The van der Waals surface area contributed by atoms with Crippen LogP contribution in [0.25, 0.3) is 0 Å². The molecule has 0 bridgehead atoms. The Morgan fingerprint density at radius 1 is 1.21 bits per heavy atom. The number of rotatable bonds is 7. The van der Waals surface area contributed by atoms with Crippen molar-refractivity contribution in [3.05, 3.63) is 17.7 Å². The first-order chi connectivity index (χ1) is 8.63. The van der Waals surface area contributed by atoms with E-state index in [0.29, 0.717) is 17.9 Å². The van der Waals surface area contributed by atoms with Crippen molar-refractivity contribution in [3.63, 3.8) is 0 Å². The first-order valence-corrected chi connectivity index (χ1v) is 7.05. The van der Waals surface area contributed by atoms with Crippen LogP contribution >= 0.6 is 0 Å². The Bertz CT molecular complexity index is 423. The average molecular weight is 294 g/mol. The summed E-state index contributed by atoms with van der Waals surface area (Å²) < 4.78 is 32.9. The molecule has 1 unspecified atom stereocenters. The van der Waals surface area contributed by atoms with Gasteiger partial charge in [0.1, 0.15) is 11.5 Å². The van der Waals surface area contributed by atoms with Gasteiger partial charge in [-0.15, -0.1) is 0 Å². The van der Waals surface area contributed by atoms with Crippen molar-refractivity contribution >= 4 is 11.1 Å². The van der Waals surface area contributed by atoms with Crippen LogP contribution in [-0.4, -0.2) is 23.0 Å². The second-order valence-corrected chi connectivity index (χ2v) is 4.89. The maximum absolute atomic E-state index is 11.3. The van der Waals surface area contributed by atoms with Gasteiger partial charge >= 0.3 is 29.6 Å². The van der Waals surface area contributed by atoms with E-state index in [-0.39, 0.29) is 34.5 Å². The van der Waals surface area contributed by atoms with Crippen molar-refractivity contribution in [1.82, 2.24) is 0 Å². The molecule has 0 heterocycles. The van der Waals surface area contributed by atoms with Gasteiger partial charge in [-0.2, -0.15) is 0 Å². The zero-order valence-electron chi connectivity index (χ0n) is 12.0. The normalized spacial score (nSPS) is 11.6. The van der Waals surface area contributed by atoms with Gasteiger partial charge in [0.15, 0.2) is 0 Å². The van der Waals surface area contributed by atoms with Gasteiger partial charge in [0.05, 0.1) is 19.1 Å². The molecule has 0 aromatic heterocycles. The second-order valence-electron chi connectivity index (χ2n) is 4.01. The summed E-state index contributed by atoms with van der Waals surface area (Å²) in [5, 5.41) is 0. The van der Waals surface area contributed by atoms with Gasteiger partial charge in [0.25, 0.3) is 0 Å². The molecule has 4 nitrogen and oxygen atoms in total. The molecule has 1 atom stereocenters. The molecule has 0 amide bonds. The molecule has 0 saturated heterocycles. The van der Waals surface area contributed by atoms with E-state index in [1.54, 1.807) is 19.2 Å². The van der Waals surface area contributed by atoms with Gasteiger partial charge in [-0.3, -0.25) is 4.21 Å². The van der Waals surface area contributed by atoms with Crippen molar-refractivity contribution in [2.75, 3.05) is 14.2 Å². The monoisotopic (exact) mass is 294 g/mol. The SMILES string of the molecule is CCCCCc1cc(OC)cc(OC)c1S(=O)[O-].[Na+]. The summed E-state index contributed by atoms with van der Waals surface area (Å²) in [5.41, 5.74) is 0.757. The van der Waals surface area contributed by atoms with E-state index >= 15 is 0 Å². The van der Waals surface area contributed by atoms with E-state index < -0.39 is 11.1 Å². The van der Waals surface area contributed by atoms with E-state index in [4.69, 9.17) is 9.47 Å². The van der Waals surface area contributed by atoms with Gasteiger partial charge in [-0.1, -0.05) is 19.8 Å². The molecule has 0 saturated carbocycles. The third-order valence-corrected chi connectivity index (χ3v) is 3.57. The fourth-order valence-electron chi connectivity index (χ4n) is 1.84. The van der Waals surface area contributed by atoms with E-state index in [9.17, 15) is 8.76 Å². The summed E-state index contributed by atoms with van der Waals surface area (Å²) in [4.78, 5) is 0.245. The van der Waals surface area contributed by atoms with Crippen LogP contribution in [0.1, 0.15) is 31.7 Å². The van der Waals surface area contributed by atoms with Crippen LogP contribution < -0.4 is 39.0 Å². The third-order valence-electron chi connectivity index (χ3n) is 2.78. The van der Waals surface area contributed by atoms with E-state index in [2.05, 4.69) is 6.92 Å². The minimum atomic E-state index is -2.30. The number of unbranched alkanes of at least 4 members (excludes halogenated alkanes) is 2. The van der Waals surface area contributed by atoms with Crippen LogP contribution in [-0.2, 0) is 17.5 Å². The Morgan fingerprint density at radius 3 is 2.37 bits per heavy atom. The number of hydrogen-bond donors (Lipinski definition) is 0. The van der Waals surface area contributed by atoms with Crippen LogP contribution in [0.15, 0.2) is 17.0 Å². The Kier molecular flexibility index (Phi) is 9.74. The zero-order valence-corrected chi connectivity index (χ0v) is 14.8. The fourth-order valence-corrected chi connectivity index (χ4v) is 2.52. The van der Waals surface area contributed by atoms with Crippen LogP contribution in [0.3, 0.4) is 0 Å². The van der Waals surface area contributed by atoms with Gasteiger partial charge < -0.3 is 14.0 Å². The number of methoxy groups -OCH3 is 2. The first kappa shape index (κ1) is 18.9. The number of hydrogen-bond acceptors (Lipinski definition) is 4. The smallest absolute Gasteiger partial charge is 0.768 e.